The predicted octanol–water partition coefficient (Wildman–Crippen LogP) is 9.27. The van der Waals surface area contributed by atoms with Crippen molar-refractivity contribution in [3.63, 3.8) is 0 Å². The number of allylic oxidation sites excluding steroid dienone is 4. The second-order valence-corrected chi connectivity index (χ2v) is 13.2. The highest BCUT2D eigenvalue weighted by Gasteiger charge is 2.25. The minimum Gasteiger partial charge on any atom is -0.462 e. The average Bonchev–Trinajstić information content (AvgIpc) is 3.02. The Morgan fingerprint density at radius 3 is 1.73 bits per heavy atom. The Balaban J connectivity index is 4.20. The topological polar surface area (TPSA) is 134 Å². The summed E-state index contributed by atoms with van der Waals surface area (Å²) in [4.78, 5) is 34.5. The third kappa shape index (κ3) is 32.2. The van der Waals surface area contributed by atoms with Gasteiger partial charge in [-0.2, -0.15) is 0 Å². The molecule has 45 heavy (non-hydrogen) atoms. The zero-order valence-corrected chi connectivity index (χ0v) is 29.5. The van der Waals surface area contributed by atoms with E-state index in [1.165, 1.54) is 70.6 Å². The molecule has 9 nitrogen and oxygen atoms in total. The first kappa shape index (κ1) is 43.5. The highest BCUT2D eigenvalue weighted by atomic mass is 31.2. The zero-order valence-electron chi connectivity index (χ0n) is 28.6. The van der Waals surface area contributed by atoms with Gasteiger partial charge in [0, 0.05) is 19.4 Å². The molecule has 10 heteroatoms. The highest BCUT2D eigenvalue weighted by Crippen LogP contribution is 2.43. The van der Waals surface area contributed by atoms with E-state index in [0.717, 1.165) is 51.4 Å². The van der Waals surface area contributed by atoms with Crippen molar-refractivity contribution < 1.29 is 37.6 Å². The normalized spacial score (nSPS) is 13.8. The van der Waals surface area contributed by atoms with Gasteiger partial charge in [-0.3, -0.25) is 18.6 Å². The lowest BCUT2D eigenvalue weighted by molar-refractivity contribution is -0.161. The summed E-state index contributed by atoms with van der Waals surface area (Å²) in [5, 5.41) is 0. The number of ether oxygens (including phenoxy) is 2. The van der Waals surface area contributed by atoms with Gasteiger partial charge in [-0.05, 0) is 44.9 Å². The fraction of sp³-hybridized carbons (Fsp3) is 0.829. The van der Waals surface area contributed by atoms with Crippen molar-refractivity contribution in [2.24, 2.45) is 5.73 Å². The Hall–Kier alpha value is -1.51. The van der Waals surface area contributed by atoms with Crippen LogP contribution in [0.1, 0.15) is 155 Å². The molecule has 0 aliphatic carbocycles. The Morgan fingerprint density at radius 1 is 0.667 bits per heavy atom. The summed E-state index contributed by atoms with van der Waals surface area (Å²) >= 11 is 0. The highest BCUT2D eigenvalue weighted by molar-refractivity contribution is 7.47. The van der Waals surface area contributed by atoms with E-state index in [1.54, 1.807) is 0 Å². The molecule has 0 radical (unpaired) electrons. The number of nitrogens with two attached hydrogens (primary N) is 1. The molecule has 0 aromatic carbocycles. The Morgan fingerprint density at radius 2 is 1.16 bits per heavy atom. The van der Waals surface area contributed by atoms with Crippen molar-refractivity contribution in [2.45, 2.75) is 161 Å². The summed E-state index contributed by atoms with van der Waals surface area (Å²) in [7, 11) is -4.36. The van der Waals surface area contributed by atoms with Crippen molar-refractivity contribution in [1.29, 1.82) is 0 Å². The van der Waals surface area contributed by atoms with Crippen LogP contribution in [0, 0.1) is 0 Å². The van der Waals surface area contributed by atoms with Gasteiger partial charge < -0.3 is 20.1 Å². The number of rotatable bonds is 33. The summed E-state index contributed by atoms with van der Waals surface area (Å²) in [6, 6.07) is 0. The van der Waals surface area contributed by atoms with Gasteiger partial charge in [-0.1, -0.05) is 122 Å². The smallest absolute Gasteiger partial charge is 0.462 e. The molecule has 0 fully saturated rings. The van der Waals surface area contributed by atoms with E-state index in [4.69, 9.17) is 24.3 Å². The van der Waals surface area contributed by atoms with Gasteiger partial charge in [0.15, 0.2) is 6.10 Å². The summed E-state index contributed by atoms with van der Waals surface area (Å²) in [5.74, 6) is -0.845. The Labute approximate surface area is 274 Å². The number of carbonyl (C=O) groups excluding carboxylic acids is 2. The van der Waals surface area contributed by atoms with Crippen LogP contribution in [-0.4, -0.2) is 49.3 Å². The molecule has 0 aliphatic heterocycles. The molecule has 0 spiro atoms. The van der Waals surface area contributed by atoms with E-state index in [1.807, 2.05) is 0 Å². The quantitative estimate of drug-likeness (QED) is 0.0306. The van der Waals surface area contributed by atoms with Crippen molar-refractivity contribution >= 4 is 19.8 Å². The van der Waals surface area contributed by atoms with Crippen LogP contribution in [0.4, 0.5) is 0 Å². The summed E-state index contributed by atoms with van der Waals surface area (Å²) in [6.07, 6.45) is 30.8. The first-order valence-corrected chi connectivity index (χ1v) is 19.3. The average molecular weight is 660 g/mol. The Bertz CT molecular complexity index is 805. The molecule has 3 N–H and O–H groups in total. The van der Waals surface area contributed by atoms with E-state index in [9.17, 15) is 19.0 Å². The van der Waals surface area contributed by atoms with Crippen LogP contribution >= 0.6 is 7.82 Å². The van der Waals surface area contributed by atoms with Crippen molar-refractivity contribution in [3.8, 4) is 0 Å². The largest absolute Gasteiger partial charge is 0.472 e. The van der Waals surface area contributed by atoms with Crippen LogP contribution in [0.2, 0.25) is 0 Å². The molecule has 0 bridgehead atoms. The molecule has 1 unspecified atom stereocenters. The molecule has 0 saturated heterocycles. The van der Waals surface area contributed by atoms with Gasteiger partial charge in [0.05, 0.1) is 13.2 Å². The standard InChI is InChI=1S/C35H66NO8P/c1-3-5-7-9-11-12-13-14-15-16-17-18-19-20-22-24-26-28-35(38)44-33(32-43-45(39,40)42-30-29-36)31-41-34(37)27-25-23-21-10-8-6-4-2/h11-12,14-15,33H,3-10,13,16-32,36H2,1-2H3,(H,39,40)/b12-11+,15-14+/t33-/m1/s1. The molecule has 0 aliphatic rings. The first-order chi connectivity index (χ1) is 21.8. The molecule has 0 aromatic rings. The molecule has 264 valence electrons. The lowest BCUT2D eigenvalue weighted by Gasteiger charge is -2.19. The van der Waals surface area contributed by atoms with E-state index in [0.29, 0.717) is 6.42 Å². The Kier molecular flexibility index (Phi) is 31.3. The van der Waals surface area contributed by atoms with Crippen molar-refractivity contribution in [3.05, 3.63) is 24.3 Å². The number of hydrogen-bond donors (Lipinski definition) is 2. The van der Waals surface area contributed by atoms with Crippen molar-refractivity contribution in [1.82, 2.24) is 0 Å². The summed E-state index contributed by atoms with van der Waals surface area (Å²) in [6.45, 7) is 3.63. The molecule has 0 rings (SSSR count). The second-order valence-electron chi connectivity index (χ2n) is 11.7. The monoisotopic (exact) mass is 659 g/mol. The number of carbonyl (C=O) groups is 2. The maximum absolute atomic E-state index is 12.5. The van der Waals surface area contributed by atoms with Crippen LogP contribution in [0.3, 0.4) is 0 Å². The van der Waals surface area contributed by atoms with Crippen molar-refractivity contribution in [2.75, 3.05) is 26.4 Å². The molecular formula is C35H66NO8P. The van der Waals surface area contributed by atoms with Crippen LogP contribution in [0.5, 0.6) is 0 Å². The maximum atomic E-state index is 12.5. The third-order valence-corrected chi connectivity index (χ3v) is 8.32. The van der Waals surface area contributed by atoms with Gasteiger partial charge in [0.2, 0.25) is 0 Å². The number of unbranched alkanes of at least 4 members (excludes halogenated alkanes) is 16. The van der Waals surface area contributed by atoms with Gasteiger partial charge in [0.1, 0.15) is 6.61 Å². The van der Waals surface area contributed by atoms with E-state index >= 15 is 0 Å². The van der Waals surface area contributed by atoms with Gasteiger partial charge in [-0.25, -0.2) is 4.57 Å². The van der Waals surface area contributed by atoms with Gasteiger partial charge in [0.25, 0.3) is 0 Å². The summed E-state index contributed by atoms with van der Waals surface area (Å²) < 4.78 is 32.5. The van der Waals surface area contributed by atoms with E-state index < -0.39 is 32.5 Å². The molecule has 0 heterocycles. The molecule has 0 aromatic heterocycles. The zero-order chi connectivity index (χ0) is 33.3. The number of hydrogen-bond acceptors (Lipinski definition) is 8. The minimum absolute atomic E-state index is 0.0528. The second kappa shape index (κ2) is 32.4. The number of esters is 2. The molecule has 0 amide bonds. The van der Waals surface area contributed by atoms with E-state index in [-0.39, 0.29) is 32.6 Å². The third-order valence-electron chi connectivity index (χ3n) is 7.34. The lowest BCUT2D eigenvalue weighted by atomic mass is 10.1. The van der Waals surface area contributed by atoms with Crippen LogP contribution in [0.25, 0.3) is 0 Å². The molecular weight excluding hydrogens is 593 g/mol. The van der Waals surface area contributed by atoms with E-state index in [2.05, 4.69) is 38.2 Å². The molecule has 0 saturated carbocycles. The number of phosphoric ester groups is 1. The fourth-order valence-electron chi connectivity index (χ4n) is 4.66. The molecule has 2 atom stereocenters. The van der Waals surface area contributed by atoms with Gasteiger partial charge >= 0.3 is 19.8 Å². The number of phosphoric acid groups is 1. The van der Waals surface area contributed by atoms with Gasteiger partial charge in [-0.15, -0.1) is 0 Å². The maximum Gasteiger partial charge on any atom is 0.472 e. The van der Waals surface area contributed by atoms with Crippen LogP contribution < -0.4 is 5.73 Å². The first-order valence-electron chi connectivity index (χ1n) is 17.8. The summed E-state index contributed by atoms with van der Waals surface area (Å²) in [5.41, 5.74) is 5.31. The fourth-order valence-corrected chi connectivity index (χ4v) is 5.43. The predicted molar refractivity (Wildman–Crippen MR) is 183 cm³/mol. The SMILES string of the molecule is CCCCC/C=C/C/C=C/CCCCCCCCCC(=O)O[C@H](COC(=O)CCCCCCCCC)COP(=O)(O)OCCN. The van der Waals surface area contributed by atoms with Crippen LogP contribution in [-0.2, 0) is 32.7 Å². The lowest BCUT2D eigenvalue weighted by Crippen LogP contribution is -2.29. The van der Waals surface area contributed by atoms with Crippen LogP contribution in [0.15, 0.2) is 24.3 Å². The minimum atomic E-state index is -4.36.